The van der Waals surface area contributed by atoms with Crippen molar-refractivity contribution in [1.29, 1.82) is 0 Å². The number of ether oxygens (including phenoxy) is 1. The predicted octanol–water partition coefficient (Wildman–Crippen LogP) is 3.35. The highest BCUT2D eigenvalue weighted by Crippen LogP contribution is 2.53. The lowest BCUT2D eigenvalue weighted by molar-refractivity contribution is -0.126. The van der Waals surface area contributed by atoms with E-state index in [1.807, 2.05) is 24.3 Å². The molecule has 1 aliphatic heterocycles. The molecule has 30 heavy (non-hydrogen) atoms. The molecule has 1 heterocycles. The number of nitrogen functional groups attached to an aromatic ring is 1. The van der Waals surface area contributed by atoms with Crippen molar-refractivity contribution in [3.05, 3.63) is 65.2 Å². The molecule has 160 valence electrons. The zero-order valence-corrected chi connectivity index (χ0v) is 18.2. The first-order chi connectivity index (χ1) is 14.2. The van der Waals surface area contributed by atoms with Crippen LogP contribution in [0.15, 0.2) is 48.5 Å². The number of hydrogen-bond donors (Lipinski definition) is 2. The summed E-state index contributed by atoms with van der Waals surface area (Å²) >= 11 is 0. The number of aldehydes is 1. The molecule has 2 aliphatic rings. The van der Waals surface area contributed by atoms with Crippen LogP contribution in [0.25, 0.3) is 0 Å². The minimum Gasteiger partial charge on any atom is -0.399 e. The quantitative estimate of drug-likeness (QED) is 0.567. The van der Waals surface area contributed by atoms with Crippen molar-refractivity contribution < 1.29 is 9.53 Å². The first-order valence-electron chi connectivity index (χ1n) is 10.8. The van der Waals surface area contributed by atoms with Gasteiger partial charge < -0.3 is 16.2 Å². The Balaban J connectivity index is 1.53. The number of nitrogens with zero attached hydrogens (tertiary/aromatic N) is 1. The van der Waals surface area contributed by atoms with Crippen LogP contribution >= 0.6 is 0 Å². The second-order valence-corrected chi connectivity index (χ2v) is 9.83. The van der Waals surface area contributed by atoms with Gasteiger partial charge in [0.25, 0.3) is 0 Å². The predicted molar refractivity (Wildman–Crippen MR) is 120 cm³/mol. The molecule has 2 fully saturated rings. The van der Waals surface area contributed by atoms with Gasteiger partial charge in [-0.2, -0.15) is 0 Å². The lowest BCUT2D eigenvalue weighted by atomic mass is 9.85. The second kappa shape index (κ2) is 7.80. The molecule has 2 aromatic carbocycles. The van der Waals surface area contributed by atoms with E-state index in [9.17, 15) is 4.79 Å². The van der Waals surface area contributed by atoms with Crippen LogP contribution in [0.4, 0.5) is 5.69 Å². The third-order valence-corrected chi connectivity index (χ3v) is 6.58. The molecule has 3 atom stereocenters. The number of carbonyl (C=O) groups excluding carboxylic acids is 1. The molecule has 0 bridgehead atoms. The Labute approximate surface area is 179 Å². The van der Waals surface area contributed by atoms with Gasteiger partial charge in [0.2, 0.25) is 0 Å². The fourth-order valence-electron chi connectivity index (χ4n) is 4.55. The molecule has 0 aromatic heterocycles. The van der Waals surface area contributed by atoms with Gasteiger partial charge in [0.1, 0.15) is 0 Å². The average Bonchev–Trinajstić information content (AvgIpc) is 3.41. The molecule has 0 radical (unpaired) electrons. The van der Waals surface area contributed by atoms with Gasteiger partial charge in [-0.3, -0.25) is 9.69 Å². The number of hydrogen-bond acceptors (Lipinski definition) is 5. The lowest BCUT2D eigenvalue weighted by Crippen LogP contribution is -2.42. The summed E-state index contributed by atoms with van der Waals surface area (Å²) in [6, 6.07) is 16.4. The van der Waals surface area contributed by atoms with Crippen molar-refractivity contribution in [2.75, 3.05) is 12.3 Å². The normalized spacial score (nSPS) is 24.5. The number of anilines is 1. The lowest BCUT2D eigenvalue weighted by Gasteiger charge is -2.31. The summed E-state index contributed by atoms with van der Waals surface area (Å²) in [6.45, 7) is 7.35. The van der Waals surface area contributed by atoms with Gasteiger partial charge in [0, 0.05) is 23.8 Å². The summed E-state index contributed by atoms with van der Waals surface area (Å²) in [6.07, 6.45) is 2.96. The van der Waals surface area contributed by atoms with Crippen molar-refractivity contribution in [2.45, 2.75) is 69.4 Å². The van der Waals surface area contributed by atoms with Crippen LogP contribution < -0.4 is 11.5 Å². The summed E-state index contributed by atoms with van der Waals surface area (Å²) in [5.41, 5.74) is 16.7. The molecule has 0 spiro atoms. The number of benzene rings is 2. The summed E-state index contributed by atoms with van der Waals surface area (Å²) in [4.78, 5) is 14.1. The monoisotopic (exact) mass is 407 g/mol. The van der Waals surface area contributed by atoms with Crippen LogP contribution in [0.5, 0.6) is 0 Å². The van der Waals surface area contributed by atoms with Gasteiger partial charge in [-0.1, -0.05) is 57.2 Å². The zero-order valence-electron chi connectivity index (χ0n) is 18.2. The molecule has 1 aliphatic carbocycles. The minimum atomic E-state index is -0.548. The Morgan fingerprint density at radius 1 is 1.20 bits per heavy atom. The molecular formula is C25H33N3O2. The van der Waals surface area contributed by atoms with Gasteiger partial charge in [-0.15, -0.1) is 0 Å². The van der Waals surface area contributed by atoms with Gasteiger partial charge >= 0.3 is 0 Å². The second-order valence-electron chi connectivity index (χ2n) is 9.83. The third kappa shape index (κ3) is 4.02. The molecule has 2 unspecified atom stereocenters. The van der Waals surface area contributed by atoms with E-state index in [1.165, 1.54) is 11.1 Å². The Kier molecular flexibility index (Phi) is 5.47. The molecule has 5 nitrogen and oxygen atoms in total. The number of nitrogens with two attached hydrogens (primary N) is 2. The van der Waals surface area contributed by atoms with Gasteiger partial charge in [0.05, 0.1) is 6.10 Å². The van der Waals surface area contributed by atoms with E-state index in [0.717, 1.165) is 30.4 Å². The molecule has 4 N–H and O–H groups in total. The fraction of sp³-hybridized carbons (Fsp3) is 0.480. The smallest absolute Gasteiger partial charge is 0.168 e. The Morgan fingerprint density at radius 2 is 1.90 bits per heavy atom. The van der Waals surface area contributed by atoms with Crippen molar-refractivity contribution in [3.63, 3.8) is 0 Å². The van der Waals surface area contributed by atoms with E-state index in [0.29, 0.717) is 13.0 Å². The topological polar surface area (TPSA) is 81.6 Å². The Morgan fingerprint density at radius 3 is 2.50 bits per heavy atom. The highest BCUT2D eigenvalue weighted by molar-refractivity contribution is 5.57. The Hall–Kier alpha value is -2.21. The summed E-state index contributed by atoms with van der Waals surface area (Å²) < 4.78 is 6.13. The molecule has 1 saturated carbocycles. The molecule has 4 rings (SSSR count). The Bertz CT molecular complexity index is 899. The van der Waals surface area contributed by atoms with E-state index in [1.54, 1.807) is 0 Å². The van der Waals surface area contributed by atoms with Crippen LogP contribution in [0.2, 0.25) is 0 Å². The summed E-state index contributed by atoms with van der Waals surface area (Å²) in [5.74, 6) is 0. The molecule has 1 saturated heterocycles. The van der Waals surface area contributed by atoms with Crippen molar-refractivity contribution in [1.82, 2.24) is 4.90 Å². The van der Waals surface area contributed by atoms with Gasteiger partial charge in [-0.25, -0.2) is 0 Å². The van der Waals surface area contributed by atoms with Crippen LogP contribution in [-0.2, 0) is 26.9 Å². The molecule has 2 aromatic rings. The molecule has 0 amide bonds. The first kappa shape index (κ1) is 21.0. The third-order valence-electron chi connectivity index (χ3n) is 6.58. The minimum absolute atomic E-state index is 0.0849. The maximum atomic E-state index is 11.9. The molecular weight excluding hydrogens is 374 g/mol. The largest absolute Gasteiger partial charge is 0.399 e. The first-order valence-corrected chi connectivity index (χ1v) is 10.8. The van der Waals surface area contributed by atoms with E-state index in [4.69, 9.17) is 16.2 Å². The van der Waals surface area contributed by atoms with E-state index in [-0.39, 0.29) is 23.1 Å². The van der Waals surface area contributed by atoms with Crippen molar-refractivity contribution in [3.8, 4) is 0 Å². The van der Waals surface area contributed by atoms with Crippen LogP contribution in [0, 0.1) is 0 Å². The zero-order chi connectivity index (χ0) is 21.5. The highest BCUT2D eigenvalue weighted by Gasteiger charge is 2.55. The van der Waals surface area contributed by atoms with Crippen molar-refractivity contribution >= 4 is 12.0 Å². The van der Waals surface area contributed by atoms with E-state index in [2.05, 4.69) is 49.9 Å². The SMILES string of the molecule is CC(C)(C)c1cccc(C2(N3CC([C@@H](N)Cc4ccc(N)cc4)OC3C=O)CC2)c1. The van der Waals surface area contributed by atoms with Crippen LogP contribution in [0.1, 0.15) is 50.3 Å². The van der Waals surface area contributed by atoms with Crippen LogP contribution in [0.3, 0.4) is 0 Å². The van der Waals surface area contributed by atoms with Crippen molar-refractivity contribution in [2.24, 2.45) is 5.73 Å². The fourth-order valence-corrected chi connectivity index (χ4v) is 4.55. The van der Waals surface area contributed by atoms with Gasteiger partial charge in [0.15, 0.2) is 12.5 Å². The number of carbonyl (C=O) groups is 1. The van der Waals surface area contributed by atoms with Gasteiger partial charge in [-0.05, 0) is 53.5 Å². The number of rotatable bonds is 6. The standard InChI is InChI=1S/C25H33N3O2/c1-24(2,3)18-5-4-6-19(14-18)25(11-12-25)28-15-22(30-23(28)16-29)21(27)13-17-7-9-20(26)10-8-17/h4-10,14,16,21-23H,11-13,15,26-27H2,1-3H3/t21-,22?,23?/m0/s1. The maximum absolute atomic E-state index is 11.9. The molecule has 5 heteroatoms. The van der Waals surface area contributed by atoms with E-state index < -0.39 is 6.23 Å². The maximum Gasteiger partial charge on any atom is 0.168 e. The summed E-state index contributed by atoms with van der Waals surface area (Å²) in [5, 5.41) is 0. The van der Waals surface area contributed by atoms with E-state index >= 15 is 0 Å². The average molecular weight is 408 g/mol. The highest BCUT2D eigenvalue weighted by atomic mass is 16.5. The van der Waals surface area contributed by atoms with Crippen LogP contribution in [-0.4, -0.2) is 36.1 Å². The summed E-state index contributed by atoms with van der Waals surface area (Å²) in [7, 11) is 0.